The normalized spacial score (nSPS) is 15.1. The number of allylic oxidation sites excluding steroid dienone is 3. The van der Waals surface area contributed by atoms with Gasteiger partial charge in [0.25, 0.3) is 0 Å². The molecular weight excluding hydrogens is 396 g/mol. The van der Waals surface area contributed by atoms with Crippen LogP contribution in [0, 0.1) is 12.8 Å². The standard InChI is InChI=1S/C21H31ClN2O2.2C2H6/c1-5-15(2)19(22)7-8-20-17(4)24(14-18-10-12-26-13-11-18)21(23-20)9-6-16(3)25;2*1-2/h7-8,18H,5-6,9-14H2,1-4H3;2*1-2H3/b8-7-,19-15-;;. The van der Waals surface area contributed by atoms with Crippen molar-refractivity contribution < 1.29 is 9.53 Å². The summed E-state index contributed by atoms with van der Waals surface area (Å²) in [7, 11) is 0. The lowest BCUT2D eigenvalue weighted by Gasteiger charge is -2.24. The first-order chi connectivity index (χ1) is 14.4. The Kier molecular flexibility index (Phi) is 15.6. The Balaban J connectivity index is 0.00000198. The number of ether oxygens (including phenoxy) is 1. The first-order valence-electron chi connectivity index (χ1n) is 11.6. The highest BCUT2D eigenvalue weighted by Crippen LogP contribution is 2.23. The lowest BCUT2D eigenvalue weighted by molar-refractivity contribution is -0.117. The van der Waals surface area contributed by atoms with Gasteiger partial charge in [0.2, 0.25) is 0 Å². The van der Waals surface area contributed by atoms with Crippen molar-refractivity contribution in [1.82, 2.24) is 9.55 Å². The van der Waals surface area contributed by atoms with Crippen LogP contribution in [0.1, 0.15) is 91.4 Å². The molecule has 2 heterocycles. The number of aryl methyl sites for hydroxylation is 1. The van der Waals surface area contributed by atoms with Crippen molar-refractivity contribution in [3.8, 4) is 0 Å². The summed E-state index contributed by atoms with van der Waals surface area (Å²) >= 11 is 6.34. The van der Waals surface area contributed by atoms with E-state index in [2.05, 4.69) is 18.4 Å². The molecule has 0 bridgehead atoms. The van der Waals surface area contributed by atoms with Crippen LogP contribution in [0.2, 0.25) is 0 Å². The topological polar surface area (TPSA) is 44.1 Å². The number of hydrogen-bond acceptors (Lipinski definition) is 3. The van der Waals surface area contributed by atoms with E-state index >= 15 is 0 Å². The van der Waals surface area contributed by atoms with Crippen LogP contribution in [-0.4, -0.2) is 28.5 Å². The first-order valence-corrected chi connectivity index (χ1v) is 12.0. The van der Waals surface area contributed by atoms with Gasteiger partial charge in [-0.15, -0.1) is 0 Å². The number of carbonyl (C=O) groups is 1. The SMILES string of the molecule is CC.CC.CC/C(C)=C(Cl)/C=C\c1nc(CCC(C)=O)n(CC2CCOCC2)c1C. The van der Waals surface area contributed by atoms with Crippen molar-refractivity contribution in [3.05, 3.63) is 33.9 Å². The molecule has 1 aliphatic heterocycles. The van der Waals surface area contributed by atoms with Crippen LogP contribution in [0.5, 0.6) is 0 Å². The van der Waals surface area contributed by atoms with E-state index in [9.17, 15) is 4.79 Å². The molecule has 0 atom stereocenters. The van der Waals surface area contributed by atoms with Crippen molar-refractivity contribution in [2.75, 3.05) is 13.2 Å². The van der Waals surface area contributed by atoms with Gasteiger partial charge in [0.05, 0.1) is 5.69 Å². The number of carbonyl (C=O) groups excluding carboxylic acids is 1. The van der Waals surface area contributed by atoms with Crippen molar-refractivity contribution >= 4 is 23.5 Å². The van der Waals surface area contributed by atoms with E-state index in [4.69, 9.17) is 21.3 Å². The predicted octanol–water partition coefficient (Wildman–Crippen LogP) is 7.13. The van der Waals surface area contributed by atoms with E-state index in [1.807, 2.05) is 46.8 Å². The number of hydrogen-bond donors (Lipinski definition) is 0. The summed E-state index contributed by atoms with van der Waals surface area (Å²) in [5.74, 6) is 1.80. The Bertz CT molecular complexity index is 684. The molecule has 30 heavy (non-hydrogen) atoms. The van der Waals surface area contributed by atoms with Gasteiger partial charge >= 0.3 is 0 Å². The van der Waals surface area contributed by atoms with Gasteiger partial charge in [0, 0.05) is 43.3 Å². The van der Waals surface area contributed by atoms with E-state index in [1.165, 1.54) is 5.57 Å². The van der Waals surface area contributed by atoms with Crippen LogP contribution < -0.4 is 0 Å². The molecule has 5 heteroatoms. The Hall–Kier alpha value is -1.39. The van der Waals surface area contributed by atoms with E-state index in [-0.39, 0.29) is 5.78 Å². The van der Waals surface area contributed by atoms with Crippen LogP contribution >= 0.6 is 11.6 Å². The van der Waals surface area contributed by atoms with E-state index < -0.39 is 0 Å². The highest BCUT2D eigenvalue weighted by Gasteiger charge is 2.19. The number of imidazole rings is 1. The molecule has 1 aromatic heterocycles. The van der Waals surface area contributed by atoms with Gasteiger partial charge in [0.15, 0.2) is 0 Å². The van der Waals surface area contributed by atoms with Gasteiger partial charge in [-0.05, 0) is 58.1 Å². The van der Waals surface area contributed by atoms with Gasteiger partial charge in [-0.3, -0.25) is 0 Å². The maximum Gasteiger partial charge on any atom is 0.130 e. The molecule has 1 fully saturated rings. The summed E-state index contributed by atoms with van der Waals surface area (Å²) < 4.78 is 7.77. The second-order valence-corrected chi connectivity index (χ2v) is 7.59. The average molecular weight is 439 g/mol. The molecule has 0 spiro atoms. The Labute approximate surface area is 189 Å². The molecule has 4 nitrogen and oxygen atoms in total. The molecule has 1 aromatic rings. The monoisotopic (exact) mass is 438 g/mol. The fourth-order valence-electron chi connectivity index (χ4n) is 3.14. The zero-order valence-electron chi connectivity index (χ0n) is 20.5. The Morgan fingerprint density at radius 3 is 2.33 bits per heavy atom. The maximum absolute atomic E-state index is 11.4. The molecule has 1 aliphatic rings. The molecular formula is C25H43ClN2O2. The Morgan fingerprint density at radius 1 is 1.20 bits per heavy atom. The molecule has 0 unspecified atom stereocenters. The first kappa shape index (κ1) is 28.6. The number of Topliss-reactive ketones (excluding diaryl/α,β-unsaturated/α-hetero) is 1. The quantitative estimate of drug-likeness (QED) is 0.405. The second kappa shape index (κ2) is 16.3. The minimum absolute atomic E-state index is 0.199. The fraction of sp³-hybridized carbons (Fsp3) is 0.680. The van der Waals surface area contributed by atoms with Gasteiger partial charge in [-0.1, -0.05) is 51.8 Å². The third-order valence-electron chi connectivity index (χ3n) is 5.14. The third kappa shape index (κ3) is 9.61. The highest BCUT2D eigenvalue weighted by atomic mass is 35.5. The minimum atomic E-state index is 0.199. The molecule has 0 amide bonds. The summed E-state index contributed by atoms with van der Waals surface area (Å²) in [5, 5.41) is 0.774. The van der Waals surface area contributed by atoms with Crippen LogP contribution in [0.15, 0.2) is 16.7 Å². The van der Waals surface area contributed by atoms with E-state index in [0.717, 1.165) is 61.3 Å². The molecule has 0 aliphatic carbocycles. The largest absolute Gasteiger partial charge is 0.381 e. The van der Waals surface area contributed by atoms with Crippen LogP contribution in [-0.2, 0) is 22.5 Å². The van der Waals surface area contributed by atoms with Crippen LogP contribution in [0.25, 0.3) is 6.08 Å². The van der Waals surface area contributed by atoms with Crippen molar-refractivity contribution in [3.63, 3.8) is 0 Å². The van der Waals surface area contributed by atoms with E-state index in [1.54, 1.807) is 6.92 Å². The van der Waals surface area contributed by atoms with Crippen molar-refractivity contribution in [2.45, 2.75) is 94.0 Å². The number of aromatic nitrogens is 2. The second-order valence-electron chi connectivity index (χ2n) is 7.18. The summed E-state index contributed by atoms with van der Waals surface area (Å²) in [6, 6.07) is 0. The molecule has 1 saturated heterocycles. The van der Waals surface area contributed by atoms with Crippen molar-refractivity contribution in [2.24, 2.45) is 5.92 Å². The number of nitrogens with zero attached hydrogens (tertiary/aromatic N) is 2. The van der Waals surface area contributed by atoms with Crippen molar-refractivity contribution in [1.29, 1.82) is 0 Å². The fourth-order valence-corrected chi connectivity index (χ4v) is 3.34. The lowest BCUT2D eigenvalue weighted by atomic mass is 10.00. The molecule has 0 aromatic carbocycles. The number of rotatable bonds is 8. The predicted molar refractivity (Wildman–Crippen MR) is 130 cm³/mol. The maximum atomic E-state index is 11.4. The summed E-state index contributed by atoms with van der Waals surface area (Å²) in [6.07, 6.45) is 8.24. The van der Waals surface area contributed by atoms with Crippen LogP contribution in [0.4, 0.5) is 0 Å². The summed E-state index contributed by atoms with van der Waals surface area (Å²) in [6.45, 7) is 18.5. The number of halogens is 1. The molecule has 0 saturated carbocycles. The van der Waals surface area contributed by atoms with E-state index in [0.29, 0.717) is 18.8 Å². The highest BCUT2D eigenvalue weighted by molar-refractivity contribution is 6.31. The smallest absolute Gasteiger partial charge is 0.130 e. The van der Waals surface area contributed by atoms with Gasteiger partial charge in [-0.2, -0.15) is 0 Å². The molecule has 172 valence electrons. The number of ketones is 1. The molecule has 2 rings (SSSR count). The zero-order valence-corrected chi connectivity index (χ0v) is 21.2. The van der Waals surface area contributed by atoms with Gasteiger partial charge < -0.3 is 14.1 Å². The Morgan fingerprint density at radius 2 is 1.80 bits per heavy atom. The summed E-state index contributed by atoms with van der Waals surface area (Å²) in [5.41, 5.74) is 3.25. The van der Waals surface area contributed by atoms with Gasteiger partial charge in [-0.25, -0.2) is 4.98 Å². The lowest BCUT2D eigenvalue weighted by Crippen LogP contribution is -2.22. The van der Waals surface area contributed by atoms with Crippen LogP contribution in [0.3, 0.4) is 0 Å². The minimum Gasteiger partial charge on any atom is -0.381 e. The van der Waals surface area contributed by atoms with Gasteiger partial charge in [0.1, 0.15) is 11.6 Å². The average Bonchev–Trinajstić information content (AvgIpc) is 3.08. The summed E-state index contributed by atoms with van der Waals surface area (Å²) in [4.78, 5) is 16.3. The third-order valence-corrected chi connectivity index (χ3v) is 5.59. The molecule has 0 N–H and O–H groups in total. The molecule has 0 radical (unpaired) electrons. The zero-order chi connectivity index (χ0) is 23.1.